The summed E-state index contributed by atoms with van der Waals surface area (Å²) in [4.78, 5) is 18.5. The maximum absolute atomic E-state index is 12.4. The molecule has 0 bridgehead atoms. The van der Waals surface area contributed by atoms with Gasteiger partial charge < -0.3 is 4.90 Å². The number of benzene rings is 1. The molecule has 1 amide bonds. The smallest absolute Gasteiger partial charge is 0.273 e. The zero-order valence-corrected chi connectivity index (χ0v) is 15.0. The van der Waals surface area contributed by atoms with E-state index in [0.717, 1.165) is 49.3 Å². The van der Waals surface area contributed by atoms with E-state index in [1.165, 1.54) is 0 Å². The number of anilines is 1. The third-order valence-corrected chi connectivity index (χ3v) is 6.16. The number of carbonyl (C=O) groups excluding carboxylic acids is 1. The van der Waals surface area contributed by atoms with Gasteiger partial charge in [-0.2, -0.15) is 0 Å². The van der Waals surface area contributed by atoms with E-state index in [1.807, 2.05) is 6.92 Å². The number of hydrogen-bond acceptors (Lipinski definition) is 5. The van der Waals surface area contributed by atoms with Crippen molar-refractivity contribution in [3.63, 3.8) is 0 Å². The second kappa shape index (κ2) is 6.90. The van der Waals surface area contributed by atoms with Crippen molar-refractivity contribution in [3.8, 4) is 0 Å². The molecule has 1 fully saturated rings. The van der Waals surface area contributed by atoms with Crippen LogP contribution in [0, 0.1) is 6.92 Å². The maximum atomic E-state index is 12.4. The molecule has 0 unspecified atom stereocenters. The summed E-state index contributed by atoms with van der Waals surface area (Å²) < 4.78 is 27.1. The van der Waals surface area contributed by atoms with Crippen LogP contribution in [0.1, 0.15) is 35.3 Å². The van der Waals surface area contributed by atoms with Gasteiger partial charge in [-0.15, -0.1) is 11.3 Å². The molecule has 0 aliphatic carbocycles. The average molecular weight is 365 g/mol. The fraction of sp³-hybridized carbons (Fsp3) is 0.375. The van der Waals surface area contributed by atoms with Crippen molar-refractivity contribution in [1.29, 1.82) is 0 Å². The number of sulfonamides is 1. The number of hydrogen-bond donors (Lipinski definition) is 1. The molecule has 1 aliphatic rings. The van der Waals surface area contributed by atoms with Crippen molar-refractivity contribution >= 4 is 32.4 Å². The van der Waals surface area contributed by atoms with Crippen LogP contribution in [0.5, 0.6) is 0 Å². The van der Waals surface area contributed by atoms with Crippen LogP contribution in [0.3, 0.4) is 0 Å². The number of aryl methyl sites for hydroxylation is 1. The highest BCUT2D eigenvalue weighted by Crippen LogP contribution is 2.22. The number of rotatable bonds is 4. The van der Waals surface area contributed by atoms with Gasteiger partial charge in [0.15, 0.2) is 5.13 Å². The Morgan fingerprint density at radius 2 is 1.83 bits per heavy atom. The molecule has 6 nitrogen and oxygen atoms in total. The molecule has 1 aromatic heterocycles. The predicted molar refractivity (Wildman–Crippen MR) is 93.9 cm³/mol. The lowest BCUT2D eigenvalue weighted by Gasteiger charge is -2.25. The minimum absolute atomic E-state index is 0.133. The molecule has 0 radical (unpaired) electrons. The molecular formula is C16H19N3O3S2. The Bertz CT molecular complexity index is 823. The van der Waals surface area contributed by atoms with Gasteiger partial charge in [-0.25, -0.2) is 13.4 Å². The Balaban J connectivity index is 1.73. The van der Waals surface area contributed by atoms with Gasteiger partial charge in [0.2, 0.25) is 0 Å². The van der Waals surface area contributed by atoms with E-state index in [9.17, 15) is 13.2 Å². The van der Waals surface area contributed by atoms with Gasteiger partial charge in [0.25, 0.3) is 15.9 Å². The Kier molecular flexibility index (Phi) is 4.86. The van der Waals surface area contributed by atoms with Crippen molar-refractivity contribution in [3.05, 3.63) is 40.9 Å². The number of nitrogens with one attached hydrogen (secondary N) is 1. The van der Waals surface area contributed by atoms with Gasteiger partial charge in [-0.1, -0.05) is 17.7 Å². The fourth-order valence-corrected chi connectivity index (χ4v) is 4.51. The molecule has 2 aromatic rings. The summed E-state index contributed by atoms with van der Waals surface area (Å²) in [7, 11) is -3.69. The number of thiazole rings is 1. The molecular weight excluding hydrogens is 346 g/mol. The Labute approximate surface area is 145 Å². The van der Waals surface area contributed by atoms with Gasteiger partial charge in [0.1, 0.15) is 5.69 Å². The average Bonchev–Trinajstić information content (AvgIpc) is 3.03. The highest BCUT2D eigenvalue weighted by atomic mass is 32.2. The van der Waals surface area contributed by atoms with Crippen LogP contribution in [-0.4, -0.2) is 37.3 Å². The van der Waals surface area contributed by atoms with Crippen LogP contribution in [0.15, 0.2) is 34.5 Å². The Morgan fingerprint density at radius 3 is 2.50 bits per heavy atom. The predicted octanol–water partition coefficient (Wildman–Crippen LogP) is 2.88. The SMILES string of the molecule is Cc1ccc(S(=O)(=O)Nc2nc(C(=O)N3CCCCC3)cs2)cc1. The zero-order chi connectivity index (χ0) is 17.2. The molecule has 1 saturated heterocycles. The zero-order valence-electron chi connectivity index (χ0n) is 13.4. The molecule has 1 N–H and O–H groups in total. The molecule has 3 rings (SSSR count). The normalized spacial score (nSPS) is 15.3. The van der Waals surface area contributed by atoms with Crippen LogP contribution in [0.4, 0.5) is 5.13 Å². The van der Waals surface area contributed by atoms with E-state index in [0.29, 0.717) is 5.69 Å². The summed E-state index contributed by atoms with van der Waals surface area (Å²) in [6, 6.07) is 6.57. The molecule has 8 heteroatoms. The number of piperidine rings is 1. The van der Waals surface area contributed by atoms with E-state index in [2.05, 4.69) is 9.71 Å². The summed E-state index contributed by atoms with van der Waals surface area (Å²) >= 11 is 1.12. The van der Waals surface area contributed by atoms with Crippen molar-refractivity contribution in [2.45, 2.75) is 31.1 Å². The highest BCUT2D eigenvalue weighted by molar-refractivity contribution is 7.93. The van der Waals surface area contributed by atoms with Crippen LogP contribution in [-0.2, 0) is 10.0 Å². The van der Waals surface area contributed by atoms with Crippen LogP contribution >= 0.6 is 11.3 Å². The van der Waals surface area contributed by atoms with E-state index in [4.69, 9.17) is 0 Å². The molecule has 2 heterocycles. The number of amides is 1. The lowest BCUT2D eigenvalue weighted by Crippen LogP contribution is -2.35. The number of nitrogens with zero attached hydrogens (tertiary/aromatic N) is 2. The number of likely N-dealkylation sites (tertiary alicyclic amines) is 1. The first-order valence-corrected chi connectivity index (χ1v) is 10.2. The summed E-state index contributed by atoms with van der Waals surface area (Å²) in [6.45, 7) is 3.37. The minimum Gasteiger partial charge on any atom is -0.337 e. The van der Waals surface area contributed by atoms with Gasteiger partial charge in [-0.3, -0.25) is 9.52 Å². The molecule has 1 aliphatic heterocycles. The summed E-state index contributed by atoms with van der Waals surface area (Å²) in [5.41, 5.74) is 1.28. The van der Waals surface area contributed by atoms with Gasteiger partial charge in [0, 0.05) is 18.5 Å². The van der Waals surface area contributed by atoms with E-state index in [-0.39, 0.29) is 15.9 Å². The summed E-state index contributed by atoms with van der Waals surface area (Å²) in [6.07, 6.45) is 3.15. The summed E-state index contributed by atoms with van der Waals surface area (Å²) in [5.74, 6) is -0.133. The van der Waals surface area contributed by atoms with Gasteiger partial charge in [0.05, 0.1) is 4.90 Å². The fourth-order valence-electron chi connectivity index (χ4n) is 2.57. The standard InChI is InChI=1S/C16H19N3O3S2/c1-12-5-7-13(8-6-12)24(21,22)18-16-17-14(11-23-16)15(20)19-9-3-2-4-10-19/h5-8,11H,2-4,9-10H2,1H3,(H,17,18). The lowest BCUT2D eigenvalue weighted by molar-refractivity contribution is 0.0719. The quantitative estimate of drug-likeness (QED) is 0.903. The van der Waals surface area contributed by atoms with Crippen LogP contribution in [0.25, 0.3) is 0 Å². The van der Waals surface area contributed by atoms with Gasteiger partial charge >= 0.3 is 0 Å². The molecule has 128 valence electrons. The summed E-state index contributed by atoms with van der Waals surface area (Å²) in [5, 5.41) is 1.81. The number of carbonyl (C=O) groups is 1. The second-order valence-corrected chi connectivity index (χ2v) is 8.35. The number of aromatic nitrogens is 1. The largest absolute Gasteiger partial charge is 0.337 e. The monoisotopic (exact) mass is 365 g/mol. The van der Waals surface area contributed by atoms with E-state index in [1.54, 1.807) is 34.5 Å². The molecule has 1 aromatic carbocycles. The molecule has 24 heavy (non-hydrogen) atoms. The van der Waals surface area contributed by atoms with E-state index < -0.39 is 10.0 Å². The van der Waals surface area contributed by atoms with Gasteiger partial charge in [-0.05, 0) is 38.3 Å². The third kappa shape index (κ3) is 3.76. The minimum atomic E-state index is -3.69. The topological polar surface area (TPSA) is 79.4 Å². The van der Waals surface area contributed by atoms with Crippen molar-refractivity contribution in [1.82, 2.24) is 9.88 Å². The van der Waals surface area contributed by atoms with Crippen molar-refractivity contribution in [2.24, 2.45) is 0 Å². The first-order chi connectivity index (χ1) is 11.5. The van der Waals surface area contributed by atoms with Crippen LogP contribution < -0.4 is 4.72 Å². The maximum Gasteiger partial charge on any atom is 0.273 e. The lowest BCUT2D eigenvalue weighted by atomic mass is 10.1. The Hall–Kier alpha value is -1.93. The van der Waals surface area contributed by atoms with Crippen LogP contribution in [0.2, 0.25) is 0 Å². The highest BCUT2D eigenvalue weighted by Gasteiger charge is 2.22. The van der Waals surface area contributed by atoms with Crippen molar-refractivity contribution in [2.75, 3.05) is 17.8 Å². The molecule has 0 atom stereocenters. The first kappa shape index (κ1) is 16.9. The molecule has 0 saturated carbocycles. The second-order valence-electron chi connectivity index (χ2n) is 5.81. The third-order valence-electron chi connectivity index (χ3n) is 3.92. The molecule has 0 spiro atoms. The van der Waals surface area contributed by atoms with E-state index >= 15 is 0 Å². The Morgan fingerprint density at radius 1 is 1.17 bits per heavy atom. The van der Waals surface area contributed by atoms with Crippen molar-refractivity contribution < 1.29 is 13.2 Å². The first-order valence-electron chi connectivity index (χ1n) is 7.80.